The monoisotopic (exact) mass is 658 g/mol. The summed E-state index contributed by atoms with van der Waals surface area (Å²) < 4.78 is 11.4. The van der Waals surface area contributed by atoms with Gasteiger partial charge in [0.2, 0.25) is 0 Å². The summed E-state index contributed by atoms with van der Waals surface area (Å²) in [6, 6.07) is 51.6. The third-order valence-corrected chi connectivity index (χ3v) is 10.6. The van der Waals surface area contributed by atoms with E-state index in [9.17, 15) is 9.59 Å². The highest BCUT2D eigenvalue weighted by Crippen LogP contribution is 2.49. The molecule has 0 fully saturated rings. The molecule has 0 amide bonds. The van der Waals surface area contributed by atoms with Gasteiger partial charge < -0.3 is 8.83 Å². The van der Waals surface area contributed by atoms with E-state index in [1.165, 1.54) is 27.8 Å². The number of rotatable bonds is 5. The zero-order valence-electron chi connectivity index (χ0n) is 27.6. The molecule has 0 N–H and O–H groups in total. The summed E-state index contributed by atoms with van der Waals surface area (Å²) in [6.07, 6.45) is 1.95. The number of fused-ring (bicyclic) bond motifs is 9. The number of benzene rings is 7. The molecule has 4 heteroatoms. The zero-order chi connectivity index (χ0) is 34.1. The van der Waals surface area contributed by atoms with Crippen LogP contribution in [0.4, 0.5) is 0 Å². The topological polar surface area (TPSA) is 60.4 Å². The fourth-order valence-electron chi connectivity index (χ4n) is 8.10. The minimum Gasteiger partial charge on any atom is -0.422 e. The van der Waals surface area contributed by atoms with Gasteiger partial charge in [-0.3, -0.25) is 0 Å². The van der Waals surface area contributed by atoms with Crippen molar-refractivity contribution in [1.82, 2.24) is 0 Å². The van der Waals surface area contributed by atoms with Gasteiger partial charge in [0.05, 0.1) is 10.8 Å². The van der Waals surface area contributed by atoms with Crippen LogP contribution in [0.25, 0.3) is 76.9 Å². The van der Waals surface area contributed by atoms with Crippen molar-refractivity contribution in [3.05, 3.63) is 189 Å². The van der Waals surface area contributed by atoms with Crippen molar-refractivity contribution in [2.45, 2.75) is 18.8 Å². The molecule has 2 heterocycles. The third-order valence-electron chi connectivity index (χ3n) is 10.6. The highest BCUT2D eigenvalue weighted by atomic mass is 16.4. The Kier molecular flexibility index (Phi) is 6.65. The van der Waals surface area contributed by atoms with Gasteiger partial charge in [0, 0.05) is 16.7 Å². The SMILES string of the molecule is O=c1oc2ccccc2c2ccc(-c3ccc4c(c3)-c3cc(-c5ccc6c(c5)c(=O)oc5ccccc56)ccc3C4CCc3ccccc3)cc12. The molecule has 242 valence electrons. The Morgan fingerprint density at radius 2 is 0.863 bits per heavy atom. The first-order valence-electron chi connectivity index (χ1n) is 17.3. The zero-order valence-corrected chi connectivity index (χ0v) is 27.6. The van der Waals surface area contributed by atoms with E-state index in [0.717, 1.165) is 56.6 Å². The van der Waals surface area contributed by atoms with Gasteiger partial charge in [-0.1, -0.05) is 115 Å². The predicted molar refractivity (Wildman–Crippen MR) is 206 cm³/mol. The first-order chi connectivity index (χ1) is 25.1. The van der Waals surface area contributed by atoms with Crippen LogP contribution >= 0.6 is 0 Å². The van der Waals surface area contributed by atoms with Gasteiger partial charge in [0.25, 0.3) is 0 Å². The van der Waals surface area contributed by atoms with Gasteiger partial charge in [-0.25, -0.2) is 9.59 Å². The molecular formula is C47H30O4. The predicted octanol–water partition coefficient (Wildman–Crippen LogP) is 11.3. The standard InChI is InChI=1S/C47H30O4/c48-46-42-26-31(17-22-36(42)38-10-4-6-12-44(38)50-46)29-15-20-34-33(19-14-28-8-2-1-3-9-28)35-21-16-30(25-41(35)40(34)24-29)32-18-23-37-39-11-5-7-13-45(39)51-47(49)43(37)27-32/h1-13,15-18,20-27,33H,14,19H2. The lowest BCUT2D eigenvalue weighted by molar-refractivity contribution is 0.569. The molecule has 10 rings (SSSR count). The molecule has 2 aromatic heterocycles. The maximum Gasteiger partial charge on any atom is 0.344 e. The lowest BCUT2D eigenvalue weighted by atomic mass is 9.89. The van der Waals surface area contributed by atoms with Crippen molar-refractivity contribution in [2.75, 3.05) is 0 Å². The van der Waals surface area contributed by atoms with Crippen molar-refractivity contribution < 1.29 is 8.83 Å². The van der Waals surface area contributed by atoms with Crippen LogP contribution in [0.1, 0.15) is 29.0 Å². The Balaban J connectivity index is 1.10. The fraction of sp³-hybridized carbons (Fsp3) is 0.0638. The van der Waals surface area contributed by atoms with E-state index in [1.807, 2.05) is 72.8 Å². The normalized spacial score (nSPS) is 12.5. The van der Waals surface area contributed by atoms with Crippen LogP contribution in [0.3, 0.4) is 0 Å². The maximum absolute atomic E-state index is 13.1. The van der Waals surface area contributed by atoms with E-state index in [0.29, 0.717) is 21.9 Å². The van der Waals surface area contributed by atoms with E-state index in [-0.39, 0.29) is 17.2 Å². The van der Waals surface area contributed by atoms with Crippen molar-refractivity contribution in [3.63, 3.8) is 0 Å². The van der Waals surface area contributed by atoms with E-state index < -0.39 is 0 Å². The average Bonchev–Trinajstić information content (AvgIpc) is 3.49. The summed E-state index contributed by atoms with van der Waals surface area (Å²) in [5, 5.41) is 4.78. The molecule has 9 aromatic rings. The van der Waals surface area contributed by atoms with Crippen LogP contribution in [-0.2, 0) is 6.42 Å². The van der Waals surface area contributed by atoms with Crippen LogP contribution < -0.4 is 11.3 Å². The summed E-state index contributed by atoms with van der Waals surface area (Å²) in [7, 11) is 0. The third kappa shape index (κ3) is 4.83. The van der Waals surface area contributed by atoms with Crippen molar-refractivity contribution in [1.29, 1.82) is 0 Å². The van der Waals surface area contributed by atoms with Gasteiger partial charge in [-0.15, -0.1) is 0 Å². The van der Waals surface area contributed by atoms with Crippen molar-refractivity contribution >= 4 is 43.5 Å². The minimum atomic E-state index is -0.333. The molecule has 1 aliphatic carbocycles. The Labute approximate surface area is 292 Å². The van der Waals surface area contributed by atoms with Gasteiger partial charge in [0.1, 0.15) is 11.2 Å². The van der Waals surface area contributed by atoms with Gasteiger partial charge >= 0.3 is 11.3 Å². The fourth-order valence-corrected chi connectivity index (χ4v) is 8.10. The second-order valence-electron chi connectivity index (χ2n) is 13.5. The van der Waals surface area contributed by atoms with Gasteiger partial charge in [-0.05, 0) is 110 Å². The van der Waals surface area contributed by atoms with Crippen LogP contribution in [0.15, 0.2) is 170 Å². The van der Waals surface area contributed by atoms with Crippen molar-refractivity contribution in [2.24, 2.45) is 0 Å². The second-order valence-corrected chi connectivity index (χ2v) is 13.5. The van der Waals surface area contributed by atoms with E-state index in [4.69, 9.17) is 8.83 Å². The van der Waals surface area contributed by atoms with E-state index in [1.54, 1.807) is 0 Å². The summed E-state index contributed by atoms with van der Waals surface area (Å²) in [4.78, 5) is 26.2. The van der Waals surface area contributed by atoms with Crippen LogP contribution in [-0.4, -0.2) is 0 Å². The number of aryl methyl sites for hydroxylation is 1. The maximum atomic E-state index is 13.1. The molecular weight excluding hydrogens is 629 g/mol. The van der Waals surface area contributed by atoms with E-state index >= 15 is 0 Å². The van der Waals surface area contributed by atoms with Crippen LogP contribution in [0, 0.1) is 0 Å². The molecule has 0 aliphatic heterocycles. The Hall–Kier alpha value is -6.52. The molecule has 4 nitrogen and oxygen atoms in total. The van der Waals surface area contributed by atoms with Gasteiger partial charge in [0.15, 0.2) is 0 Å². The molecule has 0 bridgehead atoms. The minimum absolute atomic E-state index is 0.239. The molecule has 0 radical (unpaired) electrons. The molecule has 51 heavy (non-hydrogen) atoms. The second kappa shape index (κ2) is 11.5. The summed E-state index contributed by atoms with van der Waals surface area (Å²) in [6.45, 7) is 0. The lowest BCUT2D eigenvalue weighted by Crippen LogP contribution is -2.00. The molecule has 7 aromatic carbocycles. The number of para-hydroxylation sites is 2. The highest BCUT2D eigenvalue weighted by molar-refractivity contribution is 6.06. The molecule has 0 saturated heterocycles. The Bertz CT molecular complexity index is 2790. The molecule has 0 spiro atoms. The molecule has 1 aliphatic rings. The van der Waals surface area contributed by atoms with E-state index in [2.05, 4.69) is 78.9 Å². The van der Waals surface area contributed by atoms with Crippen LogP contribution in [0.2, 0.25) is 0 Å². The first-order valence-corrected chi connectivity index (χ1v) is 17.3. The Morgan fingerprint density at radius 1 is 0.412 bits per heavy atom. The highest BCUT2D eigenvalue weighted by Gasteiger charge is 2.29. The number of hydrogen-bond acceptors (Lipinski definition) is 4. The van der Waals surface area contributed by atoms with Crippen molar-refractivity contribution in [3.8, 4) is 33.4 Å². The lowest BCUT2D eigenvalue weighted by Gasteiger charge is -2.15. The van der Waals surface area contributed by atoms with Gasteiger partial charge in [-0.2, -0.15) is 0 Å². The average molecular weight is 659 g/mol. The number of hydrogen-bond donors (Lipinski definition) is 0. The summed E-state index contributed by atoms with van der Waals surface area (Å²) >= 11 is 0. The molecule has 0 atom stereocenters. The first kappa shape index (κ1) is 29.4. The Morgan fingerprint density at radius 3 is 1.39 bits per heavy atom. The molecule has 0 unspecified atom stereocenters. The largest absolute Gasteiger partial charge is 0.422 e. The summed E-state index contributed by atoms with van der Waals surface area (Å²) in [5.74, 6) is 0.239. The smallest absolute Gasteiger partial charge is 0.344 e. The van der Waals surface area contributed by atoms with Crippen LogP contribution in [0.5, 0.6) is 0 Å². The molecule has 0 saturated carbocycles. The quantitative estimate of drug-likeness (QED) is 0.136. The summed E-state index contributed by atoms with van der Waals surface area (Å²) in [5.41, 5.74) is 10.8.